The summed E-state index contributed by atoms with van der Waals surface area (Å²) in [7, 11) is 0. The minimum Gasteiger partial charge on any atom is -0.338 e. The van der Waals surface area contributed by atoms with Gasteiger partial charge in [-0.1, -0.05) is 6.92 Å². The number of carbonyl (C=O) groups excluding carboxylic acids is 2. The summed E-state index contributed by atoms with van der Waals surface area (Å²) in [6, 6.07) is -0.386. The van der Waals surface area contributed by atoms with Gasteiger partial charge in [0.15, 0.2) is 0 Å². The molecule has 2 aliphatic rings. The zero-order valence-electron chi connectivity index (χ0n) is 12.0. The Morgan fingerprint density at radius 2 is 2.15 bits per heavy atom. The molecule has 0 aliphatic carbocycles. The van der Waals surface area contributed by atoms with Crippen LogP contribution in [-0.4, -0.2) is 56.1 Å². The summed E-state index contributed by atoms with van der Waals surface area (Å²) in [6.07, 6.45) is 3.21. The molecule has 3 amide bonds. The van der Waals surface area contributed by atoms with E-state index >= 15 is 0 Å². The van der Waals surface area contributed by atoms with Gasteiger partial charge in [-0.15, -0.1) is 12.4 Å². The Labute approximate surface area is 126 Å². The Balaban J connectivity index is 0.00000200. The van der Waals surface area contributed by atoms with Crippen molar-refractivity contribution in [2.24, 2.45) is 5.41 Å². The molecule has 0 saturated carbocycles. The van der Waals surface area contributed by atoms with E-state index in [9.17, 15) is 9.59 Å². The minimum atomic E-state index is -0.386. The highest BCUT2D eigenvalue weighted by atomic mass is 35.5. The lowest BCUT2D eigenvalue weighted by Gasteiger charge is -2.22. The van der Waals surface area contributed by atoms with Crippen molar-refractivity contribution in [3.05, 3.63) is 0 Å². The summed E-state index contributed by atoms with van der Waals surface area (Å²) in [4.78, 5) is 25.3. The van der Waals surface area contributed by atoms with Gasteiger partial charge in [0.05, 0.1) is 6.54 Å². The molecular formula is C13H25ClN4O2. The lowest BCUT2D eigenvalue weighted by atomic mass is 9.87. The number of rotatable bonds is 4. The van der Waals surface area contributed by atoms with Crippen LogP contribution in [0.4, 0.5) is 4.79 Å². The Kier molecular flexibility index (Phi) is 6.71. The van der Waals surface area contributed by atoms with Gasteiger partial charge in [-0.2, -0.15) is 0 Å². The quantitative estimate of drug-likeness (QED) is 0.700. The summed E-state index contributed by atoms with van der Waals surface area (Å²) >= 11 is 0. The Morgan fingerprint density at radius 1 is 1.35 bits per heavy atom. The molecule has 6 nitrogen and oxygen atoms in total. The van der Waals surface area contributed by atoms with Gasteiger partial charge in [0, 0.05) is 19.6 Å². The second kappa shape index (κ2) is 7.81. The molecule has 20 heavy (non-hydrogen) atoms. The molecule has 7 heteroatoms. The SMILES string of the molecule is CCCNC(=O)NC(=O)CN1CCC2(CCNC2)C1.Cl. The van der Waals surface area contributed by atoms with Crippen molar-refractivity contribution in [3.63, 3.8) is 0 Å². The second-order valence-electron chi connectivity index (χ2n) is 5.69. The van der Waals surface area contributed by atoms with Gasteiger partial charge in [-0.3, -0.25) is 15.0 Å². The standard InChI is InChI=1S/C13H24N4O2.ClH/c1-2-5-15-12(19)16-11(18)8-17-7-4-13(10-17)3-6-14-9-13;/h14H,2-10H2,1H3,(H2,15,16,18,19);1H. The Hall–Kier alpha value is -0.850. The molecule has 1 unspecified atom stereocenters. The third-order valence-electron chi connectivity index (χ3n) is 4.01. The molecule has 2 heterocycles. The van der Waals surface area contributed by atoms with Crippen LogP contribution in [0, 0.1) is 5.41 Å². The van der Waals surface area contributed by atoms with Gasteiger partial charge in [0.1, 0.15) is 0 Å². The normalized spacial score (nSPS) is 25.4. The van der Waals surface area contributed by atoms with E-state index in [1.54, 1.807) is 0 Å². The highest BCUT2D eigenvalue weighted by molar-refractivity contribution is 5.95. The molecule has 0 aromatic heterocycles. The number of halogens is 1. The summed E-state index contributed by atoms with van der Waals surface area (Å²) in [5.41, 5.74) is 0.366. The van der Waals surface area contributed by atoms with Gasteiger partial charge >= 0.3 is 6.03 Å². The zero-order valence-corrected chi connectivity index (χ0v) is 12.9. The number of urea groups is 1. The monoisotopic (exact) mass is 304 g/mol. The van der Waals surface area contributed by atoms with Crippen molar-refractivity contribution >= 4 is 24.3 Å². The third kappa shape index (κ3) is 4.61. The second-order valence-corrected chi connectivity index (χ2v) is 5.69. The first-order chi connectivity index (χ1) is 9.13. The number of likely N-dealkylation sites (tertiary alicyclic amines) is 1. The van der Waals surface area contributed by atoms with Crippen LogP contribution in [0.2, 0.25) is 0 Å². The largest absolute Gasteiger partial charge is 0.338 e. The molecule has 0 aromatic rings. The van der Waals surface area contributed by atoms with E-state index in [0.29, 0.717) is 18.5 Å². The molecule has 1 spiro atoms. The molecule has 0 radical (unpaired) electrons. The lowest BCUT2D eigenvalue weighted by Crippen LogP contribution is -2.44. The molecule has 3 N–H and O–H groups in total. The molecule has 2 fully saturated rings. The maximum absolute atomic E-state index is 11.7. The summed E-state index contributed by atoms with van der Waals surface area (Å²) < 4.78 is 0. The average molecular weight is 305 g/mol. The van der Waals surface area contributed by atoms with Crippen molar-refractivity contribution in [2.45, 2.75) is 26.2 Å². The minimum absolute atomic E-state index is 0. The Morgan fingerprint density at radius 3 is 2.80 bits per heavy atom. The summed E-state index contributed by atoms with van der Waals surface area (Å²) in [5, 5.41) is 8.40. The van der Waals surface area contributed by atoms with E-state index in [-0.39, 0.29) is 24.3 Å². The van der Waals surface area contributed by atoms with E-state index in [4.69, 9.17) is 0 Å². The maximum Gasteiger partial charge on any atom is 0.321 e. The molecule has 2 aliphatic heterocycles. The first-order valence-electron chi connectivity index (χ1n) is 7.14. The van der Waals surface area contributed by atoms with Crippen LogP contribution in [0.1, 0.15) is 26.2 Å². The van der Waals surface area contributed by atoms with Crippen molar-refractivity contribution in [3.8, 4) is 0 Å². The fourth-order valence-electron chi connectivity index (χ4n) is 2.96. The van der Waals surface area contributed by atoms with Gasteiger partial charge in [-0.25, -0.2) is 4.79 Å². The smallest absolute Gasteiger partial charge is 0.321 e. The number of imide groups is 1. The van der Waals surface area contributed by atoms with Crippen molar-refractivity contribution < 1.29 is 9.59 Å². The third-order valence-corrected chi connectivity index (χ3v) is 4.01. The maximum atomic E-state index is 11.7. The van der Waals surface area contributed by atoms with E-state index < -0.39 is 0 Å². The van der Waals surface area contributed by atoms with Crippen LogP contribution < -0.4 is 16.0 Å². The predicted molar refractivity (Wildman–Crippen MR) is 80.1 cm³/mol. The van der Waals surface area contributed by atoms with Gasteiger partial charge in [-0.05, 0) is 37.8 Å². The van der Waals surface area contributed by atoms with Gasteiger partial charge < -0.3 is 10.6 Å². The number of carbonyl (C=O) groups is 2. The van der Waals surface area contributed by atoms with Crippen LogP contribution in [0.3, 0.4) is 0 Å². The van der Waals surface area contributed by atoms with Crippen LogP contribution in [0.15, 0.2) is 0 Å². The van der Waals surface area contributed by atoms with Crippen LogP contribution in [0.25, 0.3) is 0 Å². The van der Waals surface area contributed by atoms with E-state index in [0.717, 1.165) is 39.0 Å². The van der Waals surface area contributed by atoms with E-state index in [1.165, 1.54) is 6.42 Å². The Bertz CT molecular complexity index is 345. The molecule has 2 saturated heterocycles. The fraction of sp³-hybridized carbons (Fsp3) is 0.846. The number of amides is 3. The highest BCUT2D eigenvalue weighted by Gasteiger charge is 2.40. The molecule has 2 rings (SSSR count). The molecular weight excluding hydrogens is 280 g/mol. The topological polar surface area (TPSA) is 73.5 Å². The molecule has 1 atom stereocenters. The van der Waals surface area contributed by atoms with Gasteiger partial charge in [0.2, 0.25) is 5.91 Å². The van der Waals surface area contributed by atoms with Crippen LogP contribution in [0.5, 0.6) is 0 Å². The number of nitrogens with one attached hydrogen (secondary N) is 3. The van der Waals surface area contributed by atoms with Crippen LogP contribution >= 0.6 is 12.4 Å². The van der Waals surface area contributed by atoms with Crippen LogP contribution in [-0.2, 0) is 4.79 Å². The molecule has 0 aromatic carbocycles. The van der Waals surface area contributed by atoms with E-state index in [2.05, 4.69) is 20.9 Å². The fourth-order valence-corrected chi connectivity index (χ4v) is 2.96. The molecule has 0 bridgehead atoms. The summed E-state index contributed by atoms with van der Waals surface area (Å²) in [6.45, 7) is 6.94. The highest BCUT2D eigenvalue weighted by Crippen LogP contribution is 2.35. The zero-order chi connectivity index (χ0) is 13.7. The van der Waals surface area contributed by atoms with Gasteiger partial charge in [0.25, 0.3) is 0 Å². The number of hydrogen-bond acceptors (Lipinski definition) is 4. The first kappa shape index (κ1) is 17.2. The first-order valence-corrected chi connectivity index (χ1v) is 7.14. The van der Waals surface area contributed by atoms with E-state index in [1.807, 2.05) is 6.92 Å². The van der Waals surface area contributed by atoms with Crippen molar-refractivity contribution in [1.82, 2.24) is 20.9 Å². The van der Waals surface area contributed by atoms with Crippen molar-refractivity contribution in [1.29, 1.82) is 0 Å². The predicted octanol–water partition coefficient (Wildman–Crippen LogP) is 0.329. The summed E-state index contributed by atoms with van der Waals surface area (Å²) in [5.74, 6) is -0.211. The van der Waals surface area contributed by atoms with Crippen molar-refractivity contribution in [2.75, 3.05) is 39.3 Å². The average Bonchev–Trinajstić information content (AvgIpc) is 2.98. The number of hydrogen-bond donors (Lipinski definition) is 3. The lowest BCUT2D eigenvalue weighted by molar-refractivity contribution is -0.121. The molecule has 116 valence electrons. The number of nitrogens with zero attached hydrogens (tertiary/aromatic N) is 1.